The highest BCUT2D eigenvalue weighted by molar-refractivity contribution is 8.03. The lowest BCUT2D eigenvalue weighted by Crippen LogP contribution is -2.71. The Balaban J connectivity index is 1.33. The summed E-state index contributed by atoms with van der Waals surface area (Å²) < 4.78 is 0. The zero-order chi connectivity index (χ0) is 34.2. The summed E-state index contributed by atoms with van der Waals surface area (Å²) in [6.45, 7) is 2.28. The summed E-state index contributed by atoms with van der Waals surface area (Å²) in [4.78, 5) is 77.2. The third-order valence-corrected chi connectivity index (χ3v) is 9.87. The van der Waals surface area contributed by atoms with Gasteiger partial charge in [-0.2, -0.15) is 0 Å². The average molecular weight is 710 g/mol. The molecule has 47 heavy (non-hydrogen) atoms. The van der Waals surface area contributed by atoms with Crippen molar-refractivity contribution >= 4 is 81.1 Å². The Bertz CT molecular complexity index is 1700. The van der Waals surface area contributed by atoms with Crippen LogP contribution in [0.3, 0.4) is 0 Å². The van der Waals surface area contributed by atoms with E-state index in [4.69, 9.17) is 16.4 Å². The highest BCUT2D eigenvalue weighted by Gasteiger charge is 2.54. The smallest absolute Gasteiger partial charge is 0.354 e. The second-order valence-electron chi connectivity index (χ2n) is 10.3. The van der Waals surface area contributed by atoms with Crippen LogP contribution in [0, 0.1) is 0 Å². The number of aliphatic carboxylic acids is 2. The lowest BCUT2D eigenvalue weighted by molar-refractivity contribution is -0.150. The Morgan fingerprint density at radius 2 is 2.02 bits per heavy atom. The summed E-state index contributed by atoms with van der Waals surface area (Å²) in [5.74, 6) is 0.626. The van der Waals surface area contributed by atoms with Crippen molar-refractivity contribution < 1.29 is 44.1 Å². The summed E-state index contributed by atoms with van der Waals surface area (Å²) >= 11 is 3.32. The van der Waals surface area contributed by atoms with Gasteiger partial charge in [-0.1, -0.05) is 5.16 Å². The number of carbonyl (C=O) groups excluding carboxylic acids is 3. The minimum Gasteiger partial charge on any atom is -0.477 e. The number of rotatable bonds is 12. The largest absolute Gasteiger partial charge is 0.477 e. The van der Waals surface area contributed by atoms with Gasteiger partial charge in [0.1, 0.15) is 29.5 Å². The predicted octanol–water partition coefficient (Wildman–Crippen LogP) is -2.15. The van der Waals surface area contributed by atoms with Crippen molar-refractivity contribution in [3.05, 3.63) is 45.5 Å². The molecule has 1 aromatic rings. The molecule has 1 aromatic heterocycles. The monoisotopic (exact) mass is 709 g/mol. The molecule has 23 heteroatoms. The molecule has 0 spiro atoms. The lowest BCUT2D eigenvalue weighted by atomic mass is 10.0. The quantitative estimate of drug-likeness (QED) is 0.0377. The minimum absolute atomic E-state index is 0.0139. The molecule has 0 bridgehead atoms. The number of aliphatic hydroxyl groups excluding tert-OH is 1. The number of thiazole rings is 1. The number of β-lactam (4-membered cyclic amide) rings is 1. The number of hydrogen-bond acceptors (Lipinski definition) is 18. The number of carboxylic acid groups (broad SMARTS) is 2. The number of thioether (sulfide) groups is 2. The maximum Gasteiger partial charge on any atom is 0.354 e. The van der Waals surface area contributed by atoms with Gasteiger partial charge in [-0.3, -0.25) is 29.7 Å². The molecule has 20 nitrogen and oxygen atoms in total. The molecule has 0 saturated carbocycles. The van der Waals surface area contributed by atoms with Crippen LogP contribution in [-0.4, -0.2) is 112 Å². The Kier molecular flexibility index (Phi) is 9.46. The van der Waals surface area contributed by atoms with Crippen LogP contribution in [0.4, 0.5) is 5.13 Å². The van der Waals surface area contributed by atoms with Crippen molar-refractivity contribution in [1.82, 2.24) is 36.2 Å². The summed E-state index contributed by atoms with van der Waals surface area (Å²) in [5, 5.41) is 39.2. The molecule has 0 aliphatic carbocycles. The average Bonchev–Trinajstić information content (AvgIpc) is 3.67. The van der Waals surface area contributed by atoms with Crippen LogP contribution in [0.25, 0.3) is 0 Å². The fourth-order valence-corrected chi connectivity index (χ4v) is 7.46. The number of carbonyl (C=O) groups is 5. The van der Waals surface area contributed by atoms with Crippen molar-refractivity contribution in [3.8, 4) is 0 Å². The molecular weight excluding hydrogens is 683 g/mol. The van der Waals surface area contributed by atoms with Crippen LogP contribution >= 0.6 is 34.9 Å². The van der Waals surface area contributed by atoms with E-state index in [0.717, 1.165) is 28.0 Å². The highest BCUT2D eigenvalue weighted by Crippen LogP contribution is 2.42. The number of nitrogen functional groups attached to an aromatic ring is 1. The number of fused-ring (bicyclic) bond motifs is 2. The van der Waals surface area contributed by atoms with E-state index in [2.05, 4.69) is 26.0 Å². The van der Waals surface area contributed by atoms with Gasteiger partial charge in [-0.15, -0.1) is 40.4 Å². The van der Waals surface area contributed by atoms with Crippen LogP contribution in [0.1, 0.15) is 19.5 Å². The molecule has 1 fully saturated rings. The van der Waals surface area contributed by atoms with E-state index in [1.807, 2.05) is 5.43 Å². The second-order valence-corrected chi connectivity index (χ2v) is 13.3. The molecule has 2 atom stereocenters. The molecule has 1 saturated heterocycles. The number of nitrogens with one attached hydrogen (secondary N) is 3. The minimum atomic E-state index is -1.59. The van der Waals surface area contributed by atoms with Gasteiger partial charge in [0.2, 0.25) is 5.60 Å². The first-order valence-electron chi connectivity index (χ1n) is 13.3. The van der Waals surface area contributed by atoms with Gasteiger partial charge in [0.15, 0.2) is 22.4 Å². The number of amides is 3. The van der Waals surface area contributed by atoms with E-state index >= 15 is 0 Å². The van der Waals surface area contributed by atoms with Crippen LogP contribution in [-0.2, 0) is 28.8 Å². The van der Waals surface area contributed by atoms with Gasteiger partial charge in [0.25, 0.3) is 17.7 Å². The van der Waals surface area contributed by atoms with Crippen molar-refractivity contribution in [2.24, 2.45) is 16.0 Å². The molecule has 10 N–H and O–H groups in total. The highest BCUT2D eigenvalue weighted by atomic mass is 32.2. The Hall–Kier alpha value is -4.68. The number of aliphatic hydroxyl groups is 1. The van der Waals surface area contributed by atoms with Crippen LogP contribution < -0.4 is 27.9 Å². The van der Waals surface area contributed by atoms with Crippen molar-refractivity contribution in [3.63, 3.8) is 0 Å². The molecule has 5 rings (SSSR count). The van der Waals surface area contributed by atoms with Crippen molar-refractivity contribution in [2.75, 3.05) is 24.0 Å². The number of aromatic nitrogens is 1. The van der Waals surface area contributed by atoms with Gasteiger partial charge in [0, 0.05) is 23.0 Å². The maximum absolute atomic E-state index is 13.4. The van der Waals surface area contributed by atoms with Gasteiger partial charge >= 0.3 is 11.9 Å². The zero-order valence-corrected chi connectivity index (χ0v) is 26.8. The Morgan fingerprint density at radius 3 is 2.64 bits per heavy atom. The van der Waals surface area contributed by atoms with E-state index in [9.17, 15) is 39.3 Å². The number of carboxylic acids is 2. The molecule has 250 valence electrons. The SMILES string of the molecule is CC(C)(O/N=C(\C(=O)NC1C(=O)N2C(C(=O)O)=C(CSC3=CC(C(=O)O)=NC4=CN(CO)NN43)CS[C@H]12)c1csc(N)n1)C(=O)NN. The normalized spacial score (nSPS) is 20.9. The van der Waals surface area contributed by atoms with E-state index in [-0.39, 0.29) is 45.3 Å². The zero-order valence-electron chi connectivity index (χ0n) is 24.4. The fraction of sp³-hybridized carbons (Fsp3) is 0.333. The van der Waals surface area contributed by atoms with Gasteiger partial charge < -0.3 is 31.2 Å². The third-order valence-electron chi connectivity index (χ3n) is 6.77. The number of nitrogens with two attached hydrogens (primary N) is 2. The van der Waals surface area contributed by atoms with Crippen LogP contribution in [0.5, 0.6) is 0 Å². The standard InChI is InChI=1S/C24H27N11O9S3/c1-24(2,22(43)30-26)44-31-14(11-7-47-23(25)28-11)17(37)29-15-18(38)34-16(21(41)42)9(6-46-19(15)34)5-45-13-3-10(20(39)40)27-12-4-33(8-36)32-35(12)13/h3-4,7,15,19,32,36H,5-6,8,26H2,1-2H3,(H2,25,28)(H,29,37)(H,30,43)(H,39,40)(H,41,42)/b31-14-/t15?,19-/m1/s1. The van der Waals surface area contributed by atoms with Gasteiger partial charge in [-0.25, -0.2) is 30.4 Å². The van der Waals surface area contributed by atoms with Crippen LogP contribution in [0.2, 0.25) is 0 Å². The summed E-state index contributed by atoms with van der Waals surface area (Å²) in [7, 11) is 0. The first-order valence-corrected chi connectivity index (χ1v) is 16.2. The van der Waals surface area contributed by atoms with E-state index in [1.54, 1.807) is 0 Å². The second kappa shape index (κ2) is 13.2. The topological polar surface area (TPSA) is 291 Å². The van der Waals surface area contributed by atoms with Crippen LogP contribution in [0.15, 0.2) is 49.9 Å². The molecule has 0 radical (unpaired) electrons. The van der Waals surface area contributed by atoms with E-state index in [0.29, 0.717) is 10.6 Å². The molecule has 3 amide bonds. The maximum atomic E-state index is 13.4. The molecule has 1 unspecified atom stereocenters. The molecule has 5 heterocycles. The first-order chi connectivity index (χ1) is 22.2. The fourth-order valence-electron chi connectivity index (χ4n) is 4.41. The molecule has 4 aliphatic heterocycles. The molecular formula is C24H27N11O9S3. The van der Waals surface area contributed by atoms with Crippen molar-refractivity contribution in [2.45, 2.75) is 30.9 Å². The number of aliphatic imine (C=N–C) groups is 1. The van der Waals surface area contributed by atoms with Crippen molar-refractivity contribution in [1.29, 1.82) is 0 Å². The summed E-state index contributed by atoms with van der Waals surface area (Å²) in [6.07, 6.45) is 2.69. The third kappa shape index (κ3) is 6.61. The van der Waals surface area contributed by atoms with Gasteiger partial charge in [0.05, 0.1) is 11.2 Å². The number of hydrogen-bond donors (Lipinski definition) is 8. The molecule has 4 aliphatic rings. The summed E-state index contributed by atoms with van der Waals surface area (Å²) in [6, 6.07) is -1.14. The number of nitrogens with zero attached hydrogens (tertiary/aromatic N) is 6. The Morgan fingerprint density at radius 1 is 1.28 bits per heavy atom. The first kappa shape index (κ1) is 33.7. The Labute approximate surface area is 277 Å². The van der Waals surface area contributed by atoms with Gasteiger partial charge in [-0.05, 0) is 19.4 Å². The number of hydrazine groups is 3. The number of anilines is 1. The van der Waals surface area contributed by atoms with E-state index in [1.165, 1.54) is 53.3 Å². The predicted molar refractivity (Wildman–Crippen MR) is 168 cm³/mol. The number of oxime groups is 1. The lowest BCUT2D eigenvalue weighted by Gasteiger charge is -2.49. The molecule has 0 aromatic carbocycles. The van der Waals surface area contributed by atoms with E-state index < -0.39 is 53.4 Å². The summed E-state index contributed by atoms with van der Waals surface area (Å²) in [5.41, 5.74) is 8.35.